The van der Waals surface area contributed by atoms with Gasteiger partial charge in [-0.15, -0.1) is 12.4 Å². The number of halogens is 2. The predicted molar refractivity (Wildman–Crippen MR) is 150 cm³/mol. The van der Waals surface area contributed by atoms with E-state index in [0.717, 1.165) is 21.3 Å². The average molecular weight is 660 g/mol. The molecular formula is C24H27ClIN5O5S. The second-order valence-corrected chi connectivity index (χ2v) is 12.2. The molecule has 2 atom stereocenters. The van der Waals surface area contributed by atoms with Gasteiger partial charge in [-0.3, -0.25) is 19.8 Å². The summed E-state index contributed by atoms with van der Waals surface area (Å²) in [7, 11) is -4.21. The van der Waals surface area contributed by atoms with Crippen LogP contribution in [-0.2, 0) is 19.4 Å². The van der Waals surface area contributed by atoms with Gasteiger partial charge in [0.05, 0.1) is 22.7 Å². The van der Waals surface area contributed by atoms with Crippen LogP contribution in [0.3, 0.4) is 0 Å². The molecule has 0 spiro atoms. The number of Topliss-reactive ketones (excluding diaryl/α,β-unsaturated/α-hetero) is 1. The van der Waals surface area contributed by atoms with E-state index in [1.54, 1.807) is 35.2 Å². The smallest absolute Gasteiger partial charge is 0.299 e. The predicted octanol–water partition coefficient (Wildman–Crippen LogP) is 1.81. The van der Waals surface area contributed by atoms with Crippen molar-refractivity contribution in [3.63, 3.8) is 0 Å². The Hall–Kier alpha value is -2.71. The fourth-order valence-corrected chi connectivity index (χ4v) is 6.43. The molecule has 2 aromatic rings. The molecule has 0 aromatic heterocycles. The number of guanidine groups is 1. The van der Waals surface area contributed by atoms with Gasteiger partial charge in [0.25, 0.3) is 11.7 Å². The van der Waals surface area contributed by atoms with Crippen molar-refractivity contribution in [2.24, 2.45) is 11.7 Å². The number of anilines is 1. The summed E-state index contributed by atoms with van der Waals surface area (Å²) >= 11 is 2.05. The highest BCUT2D eigenvalue weighted by atomic mass is 127. The van der Waals surface area contributed by atoms with Crippen LogP contribution in [0.2, 0.25) is 0 Å². The van der Waals surface area contributed by atoms with Crippen LogP contribution in [0.5, 0.6) is 0 Å². The van der Waals surface area contributed by atoms with Crippen molar-refractivity contribution in [1.29, 1.82) is 5.41 Å². The Labute approximate surface area is 234 Å². The molecule has 1 saturated heterocycles. The monoisotopic (exact) mass is 659 g/mol. The van der Waals surface area contributed by atoms with E-state index >= 15 is 0 Å². The van der Waals surface area contributed by atoms with Gasteiger partial charge in [0, 0.05) is 23.2 Å². The number of piperidine rings is 1. The van der Waals surface area contributed by atoms with Crippen molar-refractivity contribution in [2.75, 3.05) is 31.1 Å². The van der Waals surface area contributed by atoms with Crippen LogP contribution in [0.25, 0.3) is 0 Å². The zero-order valence-electron chi connectivity index (χ0n) is 19.7. The van der Waals surface area contributed by atoms with Crippen molar-refractivity contribution < 1.29 is 22.8 Å². The first-order valence-corrected chi connectivity index (χ1v) is 14.0. The first kappa shape index (κ1) is 28.9. The third kappa shape index (κ3) is 6.07. The van der Waals surface area contributed by atoms with E-state index in [9.17, 15) is 22.8 Å². The second-order valence-electron chi connectivity index (χ2n) is 8.83. The van der Waals surface area contributed by atoms with E-state index in [2.05, 4.69) is 27.9 Å². The molecule has 1 fully saturated rings. The summed E-state index contributed by atoms with van der Waals surface area (Å²) < 4.78 is 28.1. The van der Waals surface area contributed by atoms with E-state index in [1.807, 2.05) is 0 Å². The molecule has 2 aliphatic heterocycles. The Kier molecular flexibility index (Phi) is 9.18. The molecule has 2 aliphatic rings. The molecule has 4 rings (SSSR count). The number of amides is 2. The lowest BCUT2D eigenvalue weighted by Crippen LogP contribution is -2.51. The summed E-state index contributed by atoms with van der Waals surface area (Å²) in [5, 5.41) is 8.76. The van der Waals surface area contributed by atoms with Gasteiger partial charge in [0.15, 0.2) is 21.0 Å². The summed E-state index contributed by atoms with van der Waals surface area (Å²) in [5.41, 5.74) is 6.06. The zero-order chi connectivity index (χ0) is 26.0. The number of nitrogens with two attached hydrogens (primary N) is 1. The largest absolute Gasteiger partial charge is 0.370 e. The Morgan fingerprint density at radius 3 is 2.51 bits per heavy atom. The fraction of sp³-hybridized carbons (Fsp3) is 0.333. The summed E-state index contributed by atoms with van der Waals surface area (Å²) in [4.78, 5) is 41.3. The van der Waals surface area contributed by atoms with E-state index in [-0.39, 0.29) is 47.0 Å². The summed E-state index contributed by atoms with van der Waals surface area (Å²) in [5.74, 6) is -2.40. The molecule has 0 radical (unpaired) electrons. The molecule has 0 aliphatic carbocycles. The second kappa shape index (κ2) is 11.8. The van der Waals surface area contributed by atoms with Crippen LogP contribution in [-0.4, -0.2) is 68.3 Å². The lowest BCUT2D eigenvalue weighted by Gasteiger charge is -2.33. The Bertz CT molecular complexity index is 1320. The lowest BCUT2D eigenvalue weighted by atomic mass is 9.98. The number of nitrogens with one attached hydrogen (secondary N) is 2. The van der Waals surface area contributed by atoms with E-state index in [0.29, 0.717) is 13.1 Å². The molecule has 198 valence electrons. The number of carbonyl (C=O) groups excluding carboxylic acids is 3. The van der Waals surface area contributed by atoms with Gasteiger partial charge < -0.3 is 20.9 Å². The minimum absolute atomic E-state index is 0. The number of sulfone groups is 1. The highest BCUT2D eigenvalue weighted by molar-refractivity contribution is 14.1. The number of carbonyl (C=O) groups is 3. The molecule has 2 amide bonds. The van der Waals surface area contributed by atoms with Crippen molar-refractivity contribution >= 4 is 74.1 Å². The quantitative estimate of drug-likeness (QED) is 0.177. The summed E-state index contributed by atoms with van der Waals surface area (Å²) in [6, 6.07) is 12.4. The van der Waals surface area contributed by atoms with Crippen LogP contribution in [0.1, 0.15) is 23.2 Å². The third-order valence-corrected chi connectivity index (χ3v) is 9.22. The van der Waals surface area contributed by atoms with Crippen LogP contribution in [0.15, 0.2) is 53.4 Å². The standard InChI is InChI=1S/C24H26IN5O5S.ClH/c25-16-7-9-17(10-8-16)36(34,35)20(14-30-19-6-2-1-5-18(19)21(31)23(30)33)22(32)28-12-15-4-3-11-29(13-15)24(26)27;/h1-2,5-10,15,20H,3-4,11-14H2,(H3,26,27)(H,28,32);1H/t15-,20+;/m0./s1. The normalized spacial score (nSPS) is 18.1. The number of benzene rings is 2. The molecule has 4 N–H and O–H groups in total. The number of hydrogen-bond donors (Lipinski definition) is 3. The average Bonchev–Trinajstić information content (AvgIpc) is 3.10. The minimum atomic E-state index is -4.21. The van der Waals surface area contributed by atoms with E-state index in [1.165, 1.54) is 18.2 Å². The van der Waals surface area contributed by atoms with Gasteiger partial charge in [0.2, 0.25) is 5.91 Å². The van der Waals surface area contributed by atoms with Crippen LogP contribution < -0.4 is 16.0 Å². The first-order chi connectivity index (χ1) is 17.1. The molecule has 0 bridgehead atoms. The maximum atomic E-state index is 13.6. The van der Waals surface area contributed by atoms with Crippen LogP contribution in [0, 0.1) is 14.9 Å². The summed E-state index contributed by atoms with van der Waals surface area (Å²) in [6.45, 7) is 0.849. The van der Waals surface area contributed by atoms with Crippen molar-refractivity contribution in [2.45, 2.75) is 23.0 Å². The SMILES string of the molecule is Cl.N=C(N)N1CCC[C@@H](CNC(=O)[C@@H](CN2C(=O)C(=O)c3ccccc32)S(=O)(=O)c2ccc(I)cc2)C1. The van der Waals surface area contributed by atoms with Crippen LogP contribution >= 0.6 is 35.0 Å². The highest BCUT2D eigenvalue weighted by Gasteiger charge is 2.42. The number of para-hydroxylation sites is 1. The van der Waals surface area contributed by atoms with Gasteiger partial charge in [0.1, 0.15) is 0 Å². The van der Waals surface area contributed by atoms with Gasteiger partial charge in [-0.1, -0.05) is 12.1 Å². The van der Waals surface area contributed by atoms with Crippen molar-refractivity contribution in [3.8, 4) is 0 Å². The number of ketones is 1. The third-order valence-electron chi connectivity index (χ3n) is 6.46. The lowest BCUT2D eigenvalue weighted by molar-refractivity contribution is -0.120. The molecule has 0 saturated carbocycles. The number of rotatable bonds is 7. The van der Waals surface area contributed by atoms with Crippen LogP contribution in [0.4, 0.5) is 5.69 Å². The molecule has 37 heavy (non-hydrogen) atoms. The molecule has 13 heteroatoms. The maximum Gasteiger partial charge on any atom is 0.299 e. The molecule has 0 unspecified atom stereocenters. The van der Waals surface area contributed by atoms with E-state index in [4.69, 9.17) is 11.1 Å². The molecular weight excluding hydrogens is 633 g/mol. The maximum absolute atomic E-state index is 13.6. The molecule has 10 nitrogen and oxygen atoms in total. The highest BCUT2D eigenvalue weighted by Crippen LogP contribution is 2.30. The number of nitrogens with zero attached hydrogens (tertiary/aromatic N) is 2. The molecule has 2 aromatic carbocycles. The number of fused-ring (bicyclic) bond motifs is 1. The minimum Gasteiger partial charge on any atom is -0.370 e. The van der Waals surface area contributed by atoms with Crippen molar-refractivity contribution in [3.05, 3.63) is 57.7 Å². The summed E-state index contributed by atoms with van der Waals surface area (Å²) in [6.07, 6.45) is 1.59. The van der Waals surface area contributed by atoms with Gasteiger partial charge in [-0.05, 0) is 77.7 Å². The van der Waals surface area contributed by atoms with Crippen molar-refractivity contribution in [1.82, 2.24) is 10.2 Å². The van der Waals surface area contributed by atoms with E-state index < -0.39 is 39.2 Å². The Morgan fingerprint density at radius 1 is 1.16 bits per heavy atom. The topological polar surface area (TPSA) is 154 Å². The fourth-order valence-electron chi connectivity index (χ4n) is 4.52. The van der Waals surface area contributed by atoms with Gasteiger partial charge in [-0.2, -0.15) is 0 Å². The zero-order valence-corrected chi connectivity index (χ0v) is 23.5. The molecule has 2 heterocycles. The van der Waals surface area contributed by atoms with Gasteiger partial charge in [-0.25, -0.2) is 8.42 Å². The number of hydrogen-bond acceptors (Lipinski definition) is 6. The first-order valence-electron chi connectivity index (χ1n) is 11.4. The number of likely N-dealkylation sites (tertiary alicyclic amines) is 1. The Balaban J connectivity index is 0.00000380. The Morgan fingerprint density at radius 2 is 1.84 bits per heavy atom. The van der Waals surface area contributed by atoms with Gasteiger partial charge >= 0.3 is 0 Å².